The molecular formula is C21H19F3N4OS. The molecule has 0 spiro atoms. The number of aromatic nitrogens is 3. The van der Waals surface area contributed by atoms with Crippen LogP contribution in [0.5, 0.6) is 0 Å². The summed E-state index contributed by atoms with van der Waals surface area (Å²) in [6.45, 7) is 1.44. The molecule has 0 unspecified atom stereocenters. The predicted octanol–water partition coefficient (Wildman–Crippen LogP) is 5.41. The lowest BCUT2D eigenvalue weighted by Crippen LogP contribution is -2.07. The van der Waals surface area contributed by atoms with Gasteiger partial charge in [0.15, 0.2) is 5.16 Å². The Bertz CT molecular complexity index is 1080. The van der Waals surface area contributed by atoms with Crippen molar-refractivity contribution in [1.29, 1.82) is 0 Å². The first-order valence-electron chi connectivity index (χ1n) is 9.43. The highest BCUT2D eigenvalue weighted by atomic mass is 32.2. The first-order chi connectivity index (χ1) is 14.3. The van der Waals surface area contributed by atoms with Gasteiger partial charge in [0.2, 0.25) is 5.91 Å². The molecule has 3 aromatic rings. The largest absolute Gasteiger partial charge is 0.416 e. The Kier molecular flexibility index (Phi) is 5.55. The number of rotatable bonds is 6. The number of hydrogen-bond acceptors (Lipinski definition) is 4. The van der Waals surface area contributed by atoms with E-state index in [2.05, 4.69) is 15.5 Å². The molecular weight excluding hydrogens is 413 g/mol. The standard InChI is InChI=1S/C21H19F3N4OS/c1-13(29)25-17-6-3-7-18(11-17)28-19(15-8-9-15)26-27-20(28)30-12-14-4-2-5-16(10-14)21(22,23)24/h2-7,10-11,15H,8-9,12H2,1H3,(H,25,29). The minimum atomic E-state index is -4.37. The summed E-state index contributed by atoms with van der Waals surface area (Å²) >= 11 is 1.33. The van der Waals surface area contributed by atoms with Crippen molar-refractivity contribution in [2.24, 2.45) is 0 Å². The molecule has 1 aliphatic carbocycles. The number of carbonyl (C=O) groups is 1. The molecule has 1 amide bonds. The summed E-state index contributed by atoms with van der Waals surface area (Å²) in [5, 5.41) is 12.0. The lowest BCUT2D eigenvalue weighted by molar-refractivity contribution is -0.137. The van der Waals surface area contributed by atoms with Gasteiger partial charge in [-0.2, -0.15) is 13.2 Å². The monoisotopic (exact) mass is 432 g/mol. The van der Waals surface area contributed by atoms with E-state index in [1.54, 1.807) is 12.1 Å². The molecule has 1 aliphatic rings. The molecule has 2 aromatic carbocycles. The van der Waals surface area contributed by atoms with Gasteiger partial charge in [-0.15, -0.1) is 10.2 Å². The molecule has 0 radical (unpaired) electrons. The Morgan fingerprint density at radius 3 is 2.63 bits per heavy atom. The highest BCUT2D eigenvalue weighted by Crippen LogP contribution is 2.41. The first kappa shape index (κ1) is 20.5. The number of halogens is 3. The van der Waals surface area contributed by atoms with Crippen molar-refractivity contribution < 1.29 is 18.0 Å². The number of nitrogens with one attached hydrogen (secondary N) is 1. The molecule has 1 fully saturated rings. The summed E-state index contributed by atoms with van der Waals surface area (Å²) < 4.78 is 40.9. The van der Waals surface area contributed by atoms with Crippen LogP contribution in [0.15, 0.2) is 53.7 Å². The van der Waals surface area contributed by atoms with Gasteiger partial charge in [-0.1, -0.05) is 36.0 Å². The molecule has 156 valence electrons. The zero-order valence-electron chi connectivity index (χ0n) is 16.1. The zero-order valence-corrected chi connectivity index (χ0v) is 16.9. The van der Waals surface area contributed by atoms with E-state index in [1.807, 2.05) is 22.8 Å². The molecule has 0 saturated heterocycles. The normalized spacial score (nSPS) is 14.0. The van der Waals surface area contributed by atoms with Crippen LogP contribution in [0.1, 0.15) is 42.6 Å². The van der Waals surface area contributed by atoms with Gasteiger partial charge in [-0.05, 0) is 42.7 Å². The minimum absolute atomic E-state index is 0.169. The fourth-order valence-corrected chi connectivity index (χ4v) is 4.04. The molecule has 1 saturated carbocycles. The van der Waals surface area contributed by atoms with Crippen molar-refractivity contribution in [3.8, 4) is 5.69 Å². The second kappa shape index (κ2) is 8.14. The molecule has 0 aliphatic heterocycles. The predicted molar refractivity (Wildman–Crippen MR) is 109 cm³/mol. The van der Waals surface area contributed by atoms with Crippen LogP contribution in [0.2, 0.25) is 0 Å². The molecule has 30 heavy (non-hydrogen) atoms. The maximum Gasteiger partial charge on any atom is 0.416 e. The number of thioether (sulfide) groups is 1. The molecule has 5 nitrogen and oxygen atoms in total. The Balaban J connectivity index is 1.62. The maximum absolute atomic E-state index is 13.0. The van der Waals surface area contributed by atoms with E-state index in [-0.39, 0.29) is 5.91 Å². The molecule has 9 heteroatoms. The lowest BCUT2D eigenvalue weighted by atomic mass is 10.1. The zero-order chi connectivity index (χ0) is 21.3. The number of hydrogen-bond donors (Lipinski definition) is 1. The van der Waals surface area contributed by atoms with Gasteiger partial charge < -0.3 is 5.32 Å². The Hall–Kier alpha value is -2.81. The number of anilines is 1. The van der Waals surface area contributed by atoms with Gasteiger partial charge >= 0.3 is 6.18 Å². The van der Waals surface area contributed by atoms with Crippen LogP contribution < -0.4 is 5.32 Å². The van der Waals surface area contributed by atoms with E-state index < -0.39 is 11.7 Å². The number of benzene rings is 2. The van der Waals surface area contributed by atoms with E-state index >= 15 is 0 Å². The molecule has 0 atom stereocenters. The van der Waals surface area contributed by atoms with Crippen LogP contribution in [-0.4, -0.2) is 20.7 Å². The van der Waals surface area contributed by atoms with Gasteiger partial charge in [-0.25, -0.2) is 0 Å². The van der Waals surface area contributed by atoms with Crippen LogP contribution in [-0.2, 0) is 16.7 Å². The third-order valence-corrected chi connectivity index (χ3v) is 5.65. The van der Waals surface area contributed by atoms with Crippen LogP contribution in [0, 0.1) is 0 Å². The van der Waals surface area contributed by atoms with Crippen molar-refractivity contribution in [3.05, 3.63) is 65.5 Å². The smallest absolute Gasteiger partial charge is 0.326 e. The third kappa shape index (κ3) is 4.67. The maximum atomic E-state index is 13.0. The quantitative estimate of drug-likeness (QED) is 0.529. The molecule has 4 rings (SSSR count). The van der Waals surface area contributed by atoms with Crippen LogP contribution >= 0.6 is 11.8 Å². The highest BCUT2D eigenvalue weighted by Gasteiger charge is 2.32. The van der Waals surface area contributed by atoms with E-state index in [0.29, 0.717) is 28.1 Å². The topological polar surface area (TPSA) is 59.8 Å². The summed E-state index contributed by atoms with van der Waals surface area (Å²) in [7, 11) is 0. The first-order valence-corrected chi connectivity index (χ1v) is 10.4. The fraction of sp³-hybridized carbons (Fsp3) is 0.286. The Labute approximate surface area is 175 Å². The van der Waals surface area contributed by atoms with Gasteiger partial charge in [0, 0.05) is 24.3 Å². The summed E-state index contributed by atoms with van der Waals surface area (Å²) in [5.74, 6) is 1.32. The molecule has 0 bridgehead atoms. The van der Waals surface area contributed by atoms with E-state index in [4.69, 9.17) is 0 Å². The van der Waals surface area contributed by atoms with Crippen molar-refractivity contribution in [3.63, 3.8) is 0 Å². The number of alkyl halides is 3. The summed E-state index contributed by atoms with van der Waals surface area (Å²) in [6, 6.07) is 12.7. The van der Waals surface area contributed by atoms with Gasteiger partial charge in [0.25, 0.3) is 0 Å². The SMILES string of the molecule is CC(=O)Nc1cccc(-n2c(SCc3cccc(C(F)(F)F)c3)nnc2C2CC2)c1. The minimum Gasteiger partial charge on any atom is -0.326 e. The molecule has 1 aromatic heterocycles. The number of amides is 1. The number of carbonyl (C=O) groups excluding carboxylic acids is 1. The van der Waals surface area contributed by atoms with Crippen molar-refractivity contribution >= 4 is 23.4 Å². The number of nitrogens with zero attached hydrogens (tertiary/aromatic N) is 3. The van der Waals surface area contributed by atoms with Crippen LogP contribution in [0.3, 0.4) is 0 Å². The average molecular weight is 432 g/mol. The van der Waals surface area contributed by atoms with E-state index in [9.17, 15) is 18.0 Å². The average Bonchev–Trinajstić information content (AvgIpc) is 3.45. The second-order valence-corrected chi connectivity index (χ2v) is 8.11. The van der Waals surface area contributed by atoms with Crippen LogP contribution in [0.4, 0.5) is 18.9 Å². The lowest BCUT2D eigenvalue weighted by Gasteiger charge is -2.12. The van der Waals surface area contributed by atoms with Crippen molar-refractivity contribution in [2.75, 3.05) is 5.32 Å². The van der Waals surface area contributed by atoms with E-state index in [1.165, 1.54) is 24.8 Å². The highest BCUT2D eigenvalue weighted by molar-refractivity contribution is 7.98. The van der Waals surface area contributed by atoms with Gasteiger partial charge in [0.05, 0.1) is 11.3 Å². The van der Waals surface area contributed by atoms with Gasteiger partial charge in [0.1, 0.15) is 5.82 Å². The summed E-state index contributed by atoms with van der Waals surface area (Å²) in [4.78, 5) is 11.4. The van der Waals surface area contributed by atoms with Gasteiger partial charge in [-0.3, -0.25) is 9.36 Å². The van der Waals surface area contributed by atoms with E-state index in [0.717, 1.165) is 36.5 Å². The van der Waals surface area contributed by atoms with Crippen LogP contribution in [0.25, 0.3) is 5.69 Å². The fourth-order valence-electron chi connectivity index (χ4n) is 3.13. The second-order valence-electron chi connectivity index (χ2n) is 7.17. The van der Waals surface area contributed by atoms with Crippen molar-refractivity contribution in [1.82, 2.24) is 14.8 Å². The Morgan fingerprint density at radius 1 is 1.17 bits per heavy atom. The molecule has 1 N–H and O–H groups in total. The van der Waals surface area contributed by atoms with Crippen molar-refractivity contribution in [2.45, 2.75) is 42.8 Å². The molecule has 1 heterocycles. The third-order valence-electron chi connectivity index (χ3n) is 4.65. The Morgan fingerprint density at radius 2 is 1.93 bits per heavy atom. The summed E-state index contributed by atoms with van der Waals surface area (Å²) in [5.41, 5.74) is 1.36. The summed E-state index contributed by atoms with van der Waals surface area (Å²) in [6.07, 6.45) is -2.31.